The molecule has 0 saturated carbocycles. The molecule has 0 fully saturated rings. The molecule has 0 unspecified atom stereocenters. The number of methoxy groups -OCH3 is 1. The van der Waals surface area contributed by atoms with Gasteiger partial charge in [0.2, 0.25) is 0 Å². The molecular weight excluding hydrogens is 242 g/mol. The minimum absolute atomic E-state index is 0. The van der Waals surface area contributed by atoms with E-state index in [1.54, 1.807) is 7.11 Å². The Morgan fingerprint density at radius 3 is 2.24 bits per heavy atom. The molecular formula is C12H27ClNO3+. The van der Waals surface area contributed by atoms with Crippen molar-refractivity contribution < 1.29 is 19.1 Å². The average molecular weight is 269 g/mol. The van der Waals surface area contributed by atoms with Crippen molar-refractivity contribution in [3.63, 3.8) is 0 Å². The molecule has 0 atom stereocenters. The molecule has 0 saturated heterocycles. The van der Waals surface area contributed by atoms with E-state index >= 15 is 0 Å². The number of carbonyl (C=O) groups is 1. The van der Waals surface area contributed by atoms with Crippen molar-refractivity contribution in [3.05, 3.63) is 0 Å². The smallest absolute Gasteiger partial charge is 0.303 e. The van der Waals surface area contributed by atoms with Crippen LogP contribution in [-0.4, -0.2) is 56.5 Å². The van der Waals surface area contributed by atoms with Gasteiger partial charge in [-0.25, -0.2) is 0 Å². The van der Waals surface area contributed by atoms with E-state index in [2.05, 4.69) is 14.1 Å². The molecule has 0 rings (SSSR count). The van der Waals surface area contributed by atoms with Crippen molar-refractivity contribution in [2.45, 2.75) is 32.1 Å². The predicted molar refractivity (Wildman–Crippen MR) is 71.7 cm³/mol. The number of carboxylic acids is 1. The highest BCUT2D eigenvalue weighted by atomic mass is 35.5. The Balaban J connectivity index is 0. The second kappa shape index (κ2) is 10.8. The summed E-state index contributed by atoms with van der Waals surface area (Å²) in [5, 5.41) is 8.50. The minimum Gasteiger partial charge on any atom is -0.481 e. The largest absolute Gasteiger partial charge is 0.481 e. The maximum atomic E-state index is 10.3. The molecule has 104 valence electrons. The van der Waals surface area contributed by atoms with E-state index < -0.39 is 5.97 Å². The van der Waals surface area contributed by atoms with Crippen LogP contribution in [0.4, 0.5) is 0 Å². The third-order valence-corrected chi connectivity index (χ3v) is 2.77. The van der Waals surface area contributed by atoms with Crippen molar-refractivity contribution in [3.8, 4) is 0 Å². The highest BCUT2D eigenvalue weighted by Crippen LogP contribution is 2.06. The van der Waals surface area contributed by atoms with Crippen molar-refractivity contribution in [1.82, 2.24) is 0 Å². The Hall–Kier alpha value is -0.320. The summed E-state index contributed by atoms with van der Waals surface area (Å²) in [7, 11) is 6.16. The van der Waals surface area contributed by atoms with Gasteiger partial charge in [-0.3, -0.25) is 4.79 Å². The van der Waals surface area contributed by atoms with Crippen molar-refractivity contribution in [1.29, 1.82) is 0 Å². The summed E-state index contributed by atoms with van der Waals surface area (Å²) in [6.07, 6.45) is 4.30. The van der Waals surface area contributed by atoms with Crippen molar-refractivity contribution in [2.75, 3.05) is 40.9 Å². The Kier molecular flexibility index (Phi) is 12.1. The van der Waals surface area contributed by atoms with Gasteiger partial charge >= 0.3 is 5.97 Å². The first kappa shape index (κ1) is 19.0. The first-order valence-corrected chi connectivity index (χ1v) is 6.01. The zero-order valence-corrected chi connectivity index (χ0v) is 12.1. The molecule has 0 heterocycles. The van der Waals surface area contributed by atoms with Crippen LogP contribution in [0.3, 0.4) is 0 Å². The first-order valence-electron chi connectivity index (χ1n) is 6.01. The van der Waals surface area contributed by atoms with E-state index in [0.29, 0.717) is 6.42 Å². The SMILES string of the molecule is COCCC[N+](C)(C)CCCCCC(=O)O.Cl. The number of halogens is 1. The van der Waals surface area contributed by atoms with Gasteiger partial charge in [0.05, 0.1) is 33.8 Å². The Morgan fingerprint density at radius 1 is 1.12 bits per heavy atom. The van der Waals surface area contributed by atoms with E-state index in [1.165, 1.54) is 0 Å². The molecule has 0 aromatic carbocycles. The Bertz CT molecular complexity index is 198. The fourth-order valence-electron chi connectivity index (χ4n) is 1.74. The van der Waals surface area contributed by atoms with Gasteiger partial charge < -0.3 is 14.3 Å². The van der Waals surface area contributed by atoms with E-state index in [-0.39, 0.29) is 12.4 Å². The zero-order valence-electron chi connectivity index (χ0n) is 11.3. The molecule has 4 nitrogen and oxygen atoms in total. The number of unbranched alkanes of at least 4 members (excludes halogenated alkanes) is 2. The van der Waals surface area contributed by atoms with Gasteiger partial charge in [-0.2, -0.15) is 0 Å². The van der Waals surface area contributed by atoms with Crippen LogP contribution in [0.25, 0.3) is 0 Å². The number of carboxylic acid groups (broad SMARTS) is 1. The Morgan fingerprint density at radius 2 is 1.71 bits per heavy atom. The van der Waals surface area contributed by atoms with Gasteiger partial charge in [-0.15, -0.1) is 12.4 Å². The summed E-state index contributed by atoms with van der Waals surface area (Å²) in [5.41, 5.74) is 0. The van der Waals surface area contributed by atoms with Crippen LogP contribution in [0.5, 0.6) is 0 Å². The molecule has 0 amide bonds. The molecule has 0 bridgehead atoms. The summed E-state index contributed by atoms with van der Waals surface area (Å²) in [6, 6.07) is 0. The Labute approximate surface area is 111 Å². The van der Waals surface area contributed by atoms with Crippen molar-refractivity contribution in [2.24, 2.45) is 0 Å². The molecule has 17 heavy (non-hydrogen) atoms. The van der Waals surface area contributed by atoms with Gasteiger partial charge in [0, 0.05) is 20.0 Å². The summed E-state index contributed by atoms with van der Waals surface area (Å²) >= 11 is 0. The third-order valence-electron chi connectivity index (χ3n) is 2.77. The number of quaternary nitrogens is 1. The normalized spacial score (nSPS) is 11.0. The molecule has 0 spiro atoms. The van der Waals surface area contributed by atoms with Crippen LogP contribution in [0, 0.1) is 0 Å². The second-order valence-corrected chi connectivity index (χ2v) is 4.93. The minimum atomic E-state index is -0.686. The number of ether oxygens (including phenoxy) is 1. The van der Waals surface area contributed by atoms with Gasteiger partial charge in [0.15, 0.2) is 0 Å². The number of rotatable bonds is 10. The van der Waals surface area contributed by atoms with Crippen LogP contribution >= 0.6 is 12.4 Å². The molecule has 0 aromatic rings. The van der Waals surface area contributed by atoms with E-state index in [9.17, 15) is 4.79 Å². The predicted octanol–water partition coefficient (Wildman–Crippen LogP) is 2.17. The maximum absolute atomic E-state index is 10.3. The highest BCUT2D eigenvalue weighted by molar-refractivity contribution is 5.85. The molecule has 5 heteroatoms. The van der Waals surface area contributed by atoms with Crippen LogP contribution in [0.1, 0.15) is 32.1 Å². The molecule has 0 aliphatic heterocycles. The van der Waals surface area contributed by atoms with E-state index in [1.807, 2.05) is 0 Å². The number of hydrogen-bond acceptors (Lipinski definition) is 2. The summed E-state index contributed by atoms with van der Waals surface area (Å²) in [4.78, 5) is 10.3. The average Bonchev–Trinajstić information content (AvgIpc) is 2.16. The standard InChI is InChI=1S/C12H25NO3.ClH/c1-13(2,10-7-11-16-3)9-6-4-5-8-12(14)15;/h4-11H2,1-3H3;1H/p+1. The lowest BCUT2D eigenvalue weighted by Crippen LogP contribution is -2.41. The zero-order chi connectivity index (χ0) is 12.4. The lowest BCUT2D eigenvalue weighted by atomic mass is 10.2. The van der Waals surface area contributed by atoms with Crippen LogP contribution in [0.15, 0.2) is 0 Å². The quantitative estimate of drug-likeness (QED) is 0.488. The number of nitrogens with zero attached hydrogens (tertiary/aromatic N) is 1. The summed E-state index contributed by atoms with van der Waals surface area (Å²) < 4.78 is 6.03. The number of hydrogen-bond donors (Lipinski definition) is 1. The van der Waals surface area contributed by atoms with Crippen LogP contribution in [-0.2, 0) is 9.53 Å². The van der Waals surface area contributed by atoms with Gasteiger partial charge in [-0.05, 0) is 19.3 Å². The van der Waals surface area contributed by atoms with Crippen molar-refractivity contribution >= 4 is 18.4 Å². The highest BCUT2D eigenvalue weighted by Gasteiger charge is 2.13. The summed E-state index contributed by atoms with van der Waals surface area (Å²) in [5.74, 6) is -0.686. The first-order chi connectivity index (χ1) is 7.48. The number of aliphatic carboxylic acids is 1. The lowest BCUT2D eigenvalue weighted by molar-refractivity contribution is -0.890. The molecule has 0 aromatic heterocycles. The third kappa shape index (κ3) is 13.6. The summed E-state index contributed by atoms with van der Waals surface area (Å²) in [6.45, 7) is 3.05. The molecule has 0 aliphatic carbocycles. The topological polar surface area (TPSA) is 46.5 Å². The molecule has 0 aliphatic rings. The lowest BCUT2D eigenvalue weighted by Gasteiger charge is -2.29. The van der Waals surface area contributed by atoms with Gasteiger partial charge in [0.25, 0.3) is 0 Å². The van der Waals surface area contributed by atoms with E-state index in [0.717, 1.165) is 49.9 Å². The molecule has 1 N–H and O–H groups in total. The van der Waals surface area contributed by atoms with Crippen LogP contribution < -0.4 is 0 Å². The van der Waals surface area contributed by atoms with Gasteiger partial charge in [0.1, 0.15) is 0 Å². The maximum Gasteiger partial charge on any atom is 0.303 e. The fraction of sp³-hybridized carbons (Fsp3) is 0.917. The van der Waals surface area contributed by atoms with Gasteiger partial charge in [-0.1, -0.05) is 0 Å². The van der Waals surface area contributed by atoms with Crippen LogP contribution in [0.2, 0.25) is 0 Å². The fourth-order valence-corrected chi connectivity index (χ4v) is 1.74. The monoisotopic (exact) mass is 268 g/mol. The second-order valence-electron chi connectivity index (χ2n) is 4.93. The van der Waals surface area contributed by atoms with E-state index in [4.69, 9.17) is 9.84 Å². The molecule has 0 radical (unpaired) electrons.